The monoisotopic (exact) mass is 305 g/mol. The summed E-state index contributed by atoms with van der Waals surface area (Å²) in [7, 11) is 0. The third kappa shape index (κ3) is 3.45. The molecule has 0 aliphatic rings. The zero-order valence-corrected chi connectivity index (χ0v) is 13.8. The van der Waals surface area contributed by atoms with E-state index < -0.39 is 0 Å². The number of hydrogen-bond acceptors (Lipinski definition) is 1. The van der Waals surface area contributed by atoms with Crippen LogP contribution >= 0.6 is 0 Å². The van der Waals surface area contributed by atoms with E-state index in [9.17, 15) is 0 Å². The summed E-state index contributed by atoms with van der Waals surface area (Å²) in [5, 5.41) is 0. The van der Waals surface area contributed by atoms with E-state index in [4.69, 9.17) is 4.99 Å². The molecule has 0 saturated heterocycles. The summed E-state index contributed by atoms with van der Waals surface area (Å²) in [6.07, 6.45) is 4.53. The van der Waals surface area contributed by atoms with Gasteiger partial charge in [0.25, 0.3) is 0 Å². The van der Waals surface area contributed by atoms with Gasteiger partial charge in [0.05, 0.1) is 5.69 Å². The quantitative estimate of drug-likeness (QED) is 0.656. The molecule has 0 N–H and O–H groups in total. The molecule has 0 unspecified atom stereocenters. The Morgan fingerprint density at radius 1 is 0.913 bits per heavy atom. The highest BCUT2D eigenvalue weighted by Crippen LogP contribution is 2.12. The van der Waals surface area contributed by atoms with Crippen LogP contribution in [-0.4, -0.2) is 9.13 Å². The molecule has 1 aromatic heterocycles. The van der Waals surface area contributed by atoms with Gasteiger partial charge in [0.1, 0.15) is 0 Å². The molecule has 1 heterocycles. The van der Waals surface area contributed by atoms with Crippen molar-refractivity contribution >= 4 is 5.69 Å². The number of aromatic nitrogens is 2. The molecule has 3 aromatic rings. The van der Waals surface area contributed by atoms with E-state index in [-0.39, 0.29) is 0 Å². The Kier molecular flexibility index (Phi) is 4.77. The molecule has 118 valence electrons. The first-order chi connectivity index (χ1) is 11.3. The molecule has 0 atom stereocenters. The molecule has 0 aliphatic carbocycles. The molecule has 0 fully saturated rings. The Balaban J connectivity index is 2.19. The number of hydrogen-bond donors (Lipinski definition) is 0. The molecule has 0 aliphatic heterocycles. The van der Waals surface area contributed by atoms with Crippen molar-refractivity contribution in [2.75, 3.05) is 0 Å². The van der Waals surface area contributed by atoms with E-state index in [1.54, 1.807) is 0 Å². The number of imidazole rings is 1. The van der Waals surface area contributed by atoms with Crippen molar-refractivity contribution in [3.63, 3.8) is 0 Å². The lowest BCUT2D eigenvalue weighted by Gasteiger charge is -2.07. The van der Waals surface area contributed by atoms with Crippen LogP contribution in [0.1, 0.15) is 25.5 Å². The highest BCUT2D eigenvalue weighted by atomic mass is 15.2. The second-order valence-corrected chi connectivity index (χ2v) is 5.74. The van der Waals surface area contributed by atoms with E-state index in [0.717, 1.165) is 30.0 Å². The molecule has 0 saturated carbocycles. The standard InChI is InChI=1S/C20H23N3/c1-3-4-15-22-16-17(2)23(19-13-9-6-10-14-19)20(22)21-18-11-7-5-8-12-18/h5-14,16H,3-4,15H2,1-2H3. The van der Waals surface area contributed by atoms with Crippen LogP contribution in [-0.2, 0) is 6.54 Å². The summed E-state index contributed by atoms with van der Waals surface area (Å²) < 4.78 is 4.49. The summed E-state index contributed by atoms with van der Waals surface area (Å²) in [6.45, 7) is 5.35. The first-order valence-corrected chi connectivity index (χ1v) is 8.23. The first-order valence-electron chi connectivity index (χ1n) is 8.23. The van der Waals surface area contributed by atoms with Crippen molar-refractivity contribution in [2.24, 2.45) is 4.99 Å². The van der Waals surface area contributed by atoms with E-state index in [0.29, 0.717) is 0 Å². The van der Waals surface area contributed by atoms with Gasteiger partial charge in [0.15, 0.2) is 0 Å². The van der Waals surface area contributed by atoms with Crippen molar-refractivity contribution in [3.05, 3.63) is 78.2 Å². The zero-order chi connectivity index (χ0) is 16.1. The average Bonchev–Trinajstić information content (AvgIpc) is 2.90. The minimum atomic E-state index is 0.980. The minimum absolute atomic E-state index is 0.980. The lowest BCUT2D eigenvalue weighted by atomic mass is 10.3. The van der Waals surface area contributed by atoms with E-state index in [1.807, 2.05) is 36.4 Å². The van der Waals surface area contributed by atoms with Gasteiger partial charge in [-0.25, -0.2) is 4.99 Å². The molecule has 3 rings (SSSR count). The Morgan fingerprint density at radius 3 is 2.22 bits per heavy atom. The zero-order valence-electron chi connectivity index (χ0n) is 13.8. The van der Waals surface area contributed by atoms with Gasteiger partial charge in [-0.3, -0.25) is 4.57 Å². The van der Waals surface area contributed by atoms with Gasteiger partial charge >= 0.3 is 0 Å². The van der Waals surface area contributed by atoms with Gasteiger partial charge in [0, 0.05) is 24.1 Å². The van der Waals surface area contributed by atoms with Crippen LogP contribution in [0.25, 0.3) is 5.69 Å². The Labute approximate surface area is 137 Å². The fourth-order valence-electron chi connectivity index (χ4n) is 2.75. The summed E-state index contributed by atoms with van der Waals surface area (Å²) >= 11 is 0. The fraction of sp³-hybridized carbons (Fsp3) is 0.250. The second-order valence-electron chi connectivity index (χ2n) is 5.74. The van der Waals surface area contributed by atoms with Gasteiger partial charge in [-0.05, 0) is 37.6 Å². The summed E-state index contributed by atoms with van der Waals surface area (Å²) in [6, 6.07) is 20.6. The fourth-order valence-corrected chi connectivity index (χ4v) is 2.75. The number of para-hydroxylation sites is 2. The second kappa shape index (κ2) is 7.14. The molecule has 3 nitrogen and oxygen atoms in total. The van der Waals surface area contributed by atoms with Crippen LogP contribution < -0.4 is 5.62 Å². The van der Waals surface area contributed by atoms with Crippen molar-refractivity contribution in [3.8, 4) is 5.69 Å². The predicted octanol–water partition coefficient (Wildman–Crippen LogP) is 4.62. The van der Waals surface area contributed by atoms with Crippen LogP contribution in [0.4, 0.5) is 5.69 Å². The number of benzene rings is 2. The maximum Gasteiger partial charge on any atom is 0.215 e. The van der Waals surface area contributed by atoms with Crippen LogP contribution in [0.15, 0.2) is 71.9 Å². The number of aryl methyl sites for hydroxylation is 2. The Bertz CT molecular complexity index is 811. The van der Waals surface area contributed by atoms with Gasteiger partial charge in [-0.2, -0.15) is 0 Å². The summed E-state index contributed by atoms with van der Waals surface area (Å²) in [4.78, 5) is 4.92. The van der Waals surface area contributed by atoms with Crippen LogP contribution in [0, 0.1) is 6.92 Å². The topological polar surface area (TPSA) is 22.2 Å². The molecule has 0 spiro atoms. The highest BCUT2D eigenvalue weighted by molar-refractivity contribution is 5.37. The molecular weight excluding hydrogens is 282 g/mol. The van der Waals surface area contributed by atoms with Crippen molar-refractivity contribution in [1.82, 2.24) is 9.13 Å². The number of rotatable bonds is 5. The highest BCUT2D eigenvalue weighted by Gasteiger charge is 2.08. The van der Waals surface area contributed by atoms with Crippen LogP contribution in [0.5, 0.6) is 0 Å². The van der Waals surface area contributed by atoms with Gasteiger partial charge in [0.2, 0.25) is 5.62 Å². The van der Waals surface area contributed by atoms with E-state index >= 15 is 0 Å². The predicted molar refractivity (Wildman–Crippen MR) is 95.1 cm³/mol. The maximum atomic E-state index is 4.92. The smallest absolute Gasteiger partial charge is 0.215 e. The lowest BCUT2D eigenvalue weighted by Crippen LogP contribution is -2.25. The number of nitrogens with zero attached hydrogens (tertiary/aromatic N) is 3. The third-order valence-corrected chi connectivity index (χ3v) is 3.90. The van der Waals surface area contributed by atoms with Crippen molar-refractivity contribution < 1.29 is 0 Å². The van der Waals surface area contributed by atoms with Crippen molar-refractivity contribution in [1.29, 1.82) is 0 Å². The van der Waals surface area contributed by atoms with Crippen molar-refractivity contribution in [2.45, 2.75) is 33.2 Å². The summed E-state index contributed by atoms with van der Waals surface area (Å²) in [5.41, 5.74) is 4.30. The molecule has 0 radical (unpaired) electrons. The number of unbranched alkanes of at least 4 members (excludes halogenated alkanes) is 1. The largest absolute Gasteiger partial charge is 0.317 e. The lowest BCUT2D eigenvalue weighted by molar-refractivity contribution is 0.600. The first kappa shape index (κ1) is 15.3. The Hall–Kier alpha value is -2.55. The van der Waals surface area contributed by atoms with Gasteiger partial charge < -0.3 is 4.57 Å². The summed E-state index contributed by atoms with van der Waals surface area (Å²) in [5.74, 6) is 0. The molecule has 0 amide bonds. The van der Waals surface area contributed by atoms with Crippen LogP contribution in [0.2, 0.25) is 0 Å². The molecular formula is C20H23N3. The molecule has 2 aromatic carbocycles. The minimum Gasteiger partial charge on any atom is -0.317 e. The molecule has 0 bridgehead atoms. The molecule has 3 heteroatoms. The maximum absolute atomic E-state index is 4.92. The SMILES string of the molecule is CCCCn1cc(C)n(-c2ccccc2)c1=Nc1ccccc1. The Morgan fingerprint density at radius 2 is 1.57 bits per heavy atom. The van der Waals surface area contributed by atoms with Crippen LogP contribution in [0.3, 0.4) is 0 Å². The normalized spacial score (nSPS) is 11.8. The van der Waals surface area contributed by atoms with Gasteiger partial charge in [-0.15, -0.1) is 0 Å². The third-order valence-electron chi connectivity index (χ3n) is 3.90. The molecule has 23 heavy (non-hydrogen) atoms. The van der Waals surface area contributed by atoms with E-state index in [1.165, 1.54) is 12.1 Å². The van der Waals surface area contributed by atoms with Gasteiger partial charge in [-0.1, -0.05) is 49.7 Å². The average molecular weight is 305 g/mol. The van der Waals surface area contributed by atoms with E-state index in [2.05, 4.69) is 53.4 Å².